The molecule has 0 N–H and O–H groups in total. The van der Waals surface area contributed by atoms with Crippen molar-refractivity contribution in [3.05, 3.63) is 88.2 Å². The van der Waals surface area contributed by atoms with Crippen LogP contribution in [0.3, 0.4) is 0 Å². The number of ether oxygens (including phenoxy) is 5. The van der Waals surface area contributed by atoms with Gasteiger partial charge in [-0.3, -0.25) is 4.90 Å². The standard InChI is InChI=1S/C27H29NO4S.C6H12O2.C3H8/c1-17-5-7-20(8-6-17)33-32-27-22-11-12-28-16-19-15-26(31-4)25(30-3)14-18(19)13-23(28)21(22)9-10-24(27)29-2;1-4-6(8-3)5-7-2;1-3-2/h5-10,14-15,23H,11-13,16H2,1-4H3;4H,5H2,1-3H3;3H2,1-2H3/b;6-4+;. The smallest absolute Gasteiger partial charge is 0.183 e. The predicted molar refractivity (Wildman–Crippen MR) is 179 cm³/mol. The molecular weight excluding hydrogens is 574 g/mol. The molecule has 0 fully saturated rings. The first-order valence-corrected chi connectivity index (χ1v) is 15.9. The molecule has 5 rings (SSSR count). The second kappa shape index (κ2) is 17.8. The van der Waals surface area contributed by atoms with E-state index in [0.29, 0.717) is 12.6 Å². The molecule has 0 bridgehead atoms. The Kier molecular flexibility index (Phi) is 14.2. The van der Waals surface area contributed by atoms with Crippen LogP contribution in [-0.4, -0.2) is 53.6 Å². The van der Waals surface area contributed by atoms with Gasteiger partial charge in [-0.1, -0.05) is 44.0 Å². The molecule has 2 aliphatic heterocycles. The van der Waals surface area contributed by atoms with Crippen molar-refractivity contribution in [2.24, 2.45) is 0 Å². The summed E-state index contributed by atoms with van der Waals surface area (Å²) < 4.78 is 32.7. The summed E-state index contributed by atoms with van der Waals surface area (Å²) in [5.74, 6) is 4.07. The maximum absolute atomic E-state index is 6.30. The van der Waals surface area contributed by atoms with Crippen molar-refractivity contribution in [1.29, 1.82) is 0 Å². The summed E-state index contributed by atoms with van der Waals surface area (Å²) >= 11 is 1.39. The molecule has 7 nitrogen and oxygen atoms in total. The van der Waals surface area contributed by atoms with Crippen LogP contribution >= 0.6 is 12.0 Å². The van der Waals surface area contributed by atoms with Crippen LogP contribution in [-0.2, 0) is 28.9 Å². The van der Waals surface area contributed by atoms with E-state index in [9.17, 15) is 0 Å². The first-order valence-electron chi connectivity index (χ1n) is 15.1. The van der Waals surface area contributed by atoms with E-state index < -0.39 is 0 Å². The first-order chi connectivity index (χ1) is 21.4. The van der Waals surface area contributed by atoms with Crippen LogP contribution in [0.25, 0.3) is 0 Å². The summed E-state index contributed by atoms with van der Waals surface area (Å²) in [6.45, 7) is 10.7. The van der Waals surface area contributed by atoms with E-state index >= 15 is 0 Å². The Morgan fingerprint density at radius 3 is 2.07 bits per heavy atom. The number of hydrogen-bond acceptors (Lipinski definition) is 8. The predicted octanol–water partition coefficient (Wildman–Crippen LogP) is 8.36. The van der Waals surface area contributed by atoms with Gasteiger partial charge < -0.3 is 27.9 Å². The van der Waals surface area contributed by atoms with Crippen molar-refractivity contribution in [3.63, 3.8) is 0 Å². The zero-order valence-corrected chi connectivity index (χ0v) is 28.6. The number of nitrogens with zero attached hydrogens (tertiary/aromatic N) is 1. The second-order valence-electron chi connectivity index (χ2n) is 10.7. The number of allylic oxidation sites excluding steroid dienone is 1. The fraction of sp³-hybridized carbons (Fsp3) is 0.444. The van der Waals surface area contributed by atoms with Gasteiger partial charge in [0.2, 0.25) is 0 Å². The van der Waals surface area contributed by atoms with Gasteiger partial charge in [0.25, 0.3) is 0 Å². The van der Waals surface area contributed by atoms with Gasteiger partial charge in [-0.15, -0.1) is 0 Å². The molecule has 0 amide bonds. The van der Waals surface area contributed by atoms with Crippen molar-refractivity contribution in [2.45, 2.75) is 64.4 Å². The van der Waals surface area contributed by atoms with Crippen molar-refractivity contribution < 1.29 is 27.9 Å². The number of benzene rings is 3. The second-order valence-corrected chi connectivity index (χ2v) is 11.5. The lowest BCUT2D eigenvalue weighted by atomic mass is 9.83. The number of methoxy groups -OCH3 is 5. The molecule has 240 valence electrons. The zero-order valence-electron chi connectivity index (χ0n) is 27.8. The van der Waals surface area contributed by atoms with E-state index in [-0.39, 0.29) is 0 Å². The van der Waals surface area contributed by atoms with Crippen LogP contribution < -0.4 is 18.4 Å². The number of fused-ring (bicyclic) bond motifs is 4. The Labute approximate surface area is 268 Å². The van der Waals surface area contributed by atoms with Crippen LogP contribution in [0.1, 0.15) is 61.1 Å². The molecule has 2 heterocycles. The van der Waals surface area contributed by atoms with E-state index in [1.54, 1.807) is 35.5 Å². The number of hydrogen-bond donors (Lipinski definition) is 0. The molecule has 1 atom stereocenters. The van der Waals surface area contributed by atoms with Gasteiger partial charge >= 0.3 is 0 Å². The molecule has 1 unspecified atom stereocenters. The lowest BCUT2D eigenvalue weighted by Crippen LogP contribution is -2.39. The third kappa shape index (κ3) is 8.87. The molecular formula is C36H49NO6S. The number of rotatable bonds is 9. The van der Waals surface area contributed by atoms with Crippen LogP contribution in [0.4, 0.5) is 0 Å². The Balaban J connectivity index is 0.000000415. The molecule has 0 saturated heterocycles. The minimum Gasteiger partial charge on any atom is -0.499 e. The SMILES string of the molecule is C/C=C(\COC)OC.CCC.COc1cc2c(cc1OC)CN1CCc3c(ccc(OC)c3OSc3ccc(C)cc3)C1C2. The third-order valence-corrected chi connectivity index (χ3v) is 8.25. The highest BCUT2D eigenvalue weighted by Gasteiger charge is 2.35. The van der Waals surface area contributed by atoms with Gasteiger partial charge in [0.05, 0.1) is 40.5 Å². The van der Waals surface area contributed by atoms with Crippen LogP contribution in [0.15, 0.2) is 65.3 Å². The normalized spacial score (nSPS) is 15.2. The molecule has 0 spiro atoms. The minimum atomic E-state index is 0.303. The summed E-state index contributed by atoms with van der Waals surface area (Å²) in [5, 5.41) is 0. The Hall–Kier alpha value is -3.33. The molecule has 0 aromatic heterocycles. The summed E-state index contributed by atoms with van der Waals surface area (Å²) in [6, 6.07) is 17.2. The van der Waals surface area contributed by atoms with E-state index in [2.05, 4.69) is 68.1 Å². The van der Waals surface area contributed by atoms with Gasteiger partial charge in [-0.05, 0) is 79.8 Å². The average Bonchev–Trinajstić information content (AvgIpc) is 3.05. The van der Waals surface area contributed by atoms with E-state index in [0.717, 1.165) is 59.6 Å². The van der Waals surface area contributed by atoms with Crippen molar-refractivity contribution in [1.82, 2.24) is 4.90 Å². The summed E-state index contributed by atoms with van der Waals surface area (Å²) in [5.41, 5.74) is 6.43. The maximum atomic E-state index is 6.30. The van der Waals surface area contributed by atoms with E-state index in [1.165, 1.54) is 46.3 Å². The van der Waals surface area contributed by atoms with E-state index in [4.69, 9.17) is 27.9 Å². The Morgan fingerprint density at radius 2 is 1.52 bits per heavy atom. The number of aryl methyl sites for hydroxylation is 1. The van der Waals surface area contributed by atoms with Crippen LogP contribution in [0.5, 0.6) is 23.0 Å². The highest BCUT2D eigenvalue weighted by Crippen LogP contribution is 2.46. The largest absolute Gasteiger partial charge is 0.499 e. The molecule has 0 aliphatic carbocycles. The fourth-order valence-corrected chi connectivity index (χ4v) is 5.90. The first kappa shape index (κ1) is 35.2. The van der Waals surface area contributed by atoms with Gasteiger partial charge in [0.1, 0.15) is 12.4 Å². The monoisotopic (exact) mass is 623 g/mol. The fourth-order valence-electron chi connectivity index (χ4n) is 5.29. The molecule has 3 aromatic rings. The highest BCUT2D eigenvalue weighted by molar-refractivity contribution is 7.95. The Morgan fingerprint density at radius 1 is 0.886 bits per heavy atom. The molecule has 44 heavy (non-hydrogen) atoms. The van der Waals surface area contributed by atoms with Crippen LogP contribution in [0, 0.1) is 6.92 Å². The lowest BCUT2D eigenvalue weighted by molar-refractivity contribution is 0.159. The lowest BCUT2D eigenvalue weighted by Gasteiger charge is -2.42. The summed E-state index contributed by atoms with van der Waals surface area (Å²) in [7, 11) is 8.36. The van der Waals surface area contributed by atoms with E-state index in [1.807, 2.05) is 19.1 Å². The molecule has 0 radical (unpaired) electrons. The quantitative estimate of drug-likeness (QED) is 0.174. The van der Waals surface area contributed by atoms with Crippen molar-refractivity contribution >= 4 is 12.0 Å². The Bertz CT molecular complexity index is 1360. The van der Waals surface area contributed by atoms with Crippen molar-refractivity contribution in [2.75, 3.05) is 48.7 Å². The van der Waals surface area contributed by atoms with Gasteiger partial charge in [-0.2, -0.15) is 0 Å². The minimum absolute atomic E-state index is 0.303. The van der Waals surface area contributed by atoms with Gasteiger partial charge in [0, 0.05) is 36.7 Å². The molecule has 3 aromatic carbocycles. The third-order valence-electron chi connectivity index (χ3n) is 7.53. The maximum Gasteiger partial charge on any atom is 0.183 e. The summed E-state index contributed by atoms with van der Waals surface area (Å²) in [4.78, 5) is 3.63. The van der Waals surface area contributed by atoms with Crippen molar-refractivity contribution in [3.8, 4) is 23.0 Å². The van der Waals surface area contributed by atoms with Crippen LogP contribution in [0.2, 0.25) is 0 Å². The van der Waals surface area contributed by atoms with Gasteiger partial charge in [0.15, 0.2) is 23.0 Å². The van der Waals surface area contributed by atoms with Gasteiger partial charge in [-0.25, -0.2) is 0 Å². The highest BCUT2D eigenvalue weighted by atomic mass is 32.2. The molecule has 2 aliphatic rings. The molecule has 0 saturated carbocycles. The summed E-state index contributed by atoms with van der Waals surface area (Å²) in [6.07, 6.45) is 4.98. The molecule has 8 heteroatoms. The average molecular weight is 624 g/mol. The zero-order chi connectivity index (χ0) is 32.1. The topological polar surface area (TPSA) is 58.6 Å².